The van der Waals surface area contributed by atoms with Crippen molar-refractivity contribution in [2.24, 2.45) is 5.73 Å². The Kier molecular flexibility index (Phi) is 5.29. The summed E-state index contributed by atoms with van der Waals surface area (Å²) in [7, 11) is -3.39. The summed E-state index contributed by atoms with van der Waals surface area (Å²) in [6, 6.07) is 7.09. The summed E-state index contributed by atoms with van der Waals surface area (Å²) in [6.45, 7) is 2.57. The summed E-state index contributed by atoms with van der Waals surface area (Å²) in [4.78, 5) is 0.221. The number of hydrogen-bond acceptors (Lipinski definition) is 4. The number of rotatable bonds is 6. The lowest BCUT2D eigenvalue weighted by Gasteiger charge is -2.23. The van der Waals surface area contributed by atoms with Crippen LogP contribution in [0, 0.1) is 0 Å². The number of benzene rings is 1. The van der Waals surface area contributed by atoms with Crippen LogP contribution in [0.5, 0.6) is 0 Å². The molecule has 1 fully saturated rings. The summed E-state index contributed by atoms with van der Waals surface area (Å²) in [5, 5.41) is 0. The van der Waals surface area contributed by atoms with Gasteiger partial charge in [-0.2, -0.15) is 11.8 Å². The number of thiocarbonyl (C=S) groups is 1. The number of nitrogens with two attached hydrogens (primary N) is 1. The van der Waals surface area contributed by atoms with Gasteiger partial charge in [-0.25, -0.2) is 13.1 Å². The van der Waals surface area contributed by atoms with E-state index in [4.69, 9.17) is 18.0 Å². The predicted molar refractivity (Wildman–Crippen MR) is 93.1 cm³/mol. The second kappa shape index (κ2) is 6.64. The first-order chi connectivity index (χ1) is 9.81. The van der Waals surface area contributed by atoms with Gasteiger partial charge in [-0.15, -0.1) is 0 Å². The van der Waals surface area contributed by atoms with Crippen LogP contribution in [0.2, 0.25) is 0 Å². The maximum Gasteiger partial charge on any atom is 0.215 e. The van der Waals surface area contributed by atoms with E-state index >= 15 is 0 Å². The van der Waals surface area contributed by atoms with Crippen molar-refractivity contribution in [3.63, 3.8) is 0 Å². The third kappa shape index (κ3) is 4.67. The Bertz CT molecular complexity index is 623. The zero-order valence-electron chi connectivity index (χ0n) is 12.0. The Balaban J connectivity index is 2.06. The molecule has 3 N–H and O–H groups in total. The molecule has 0 radical (unpaired) electrons. The fraction of sp³-hybridized carbons (Fsp3) is 0.500. The van der Waals surface area contributed by atoms with Crippen molar-refractivity contribution in [3.05, 3.63) is 35.4 Å². The minimum absolute atomic E-state index is 0.00968. The van der Waals surface area contributed by atoms with Gasteiger partial charge in [0.25, 0.3) is 0 Å². The smallest absolute Gasteiger partial charge is 0.215 e. The van der Waals surface area contributed by atoms with Crippen molar-refractivity contribution in [2.45, 2.75) is 30.3 Å². The summed E-state index contributed by atoms with van der Waals surface area (Å²) in [5.74, 6) is 1.00. The van der Waals surface area contributed by atoms with Gasteiger partial charge in [0, 0.05) is 16.9 Å². The molecule has 1 aliphatic heterocycles. The number of thioether (sulfide) groups is 1. The lowest BCUT2D eigenvalue weighted by Crippen LogP contribution is -2.37. The summed E-state index contributed by atoms with van der Waals surface area (Å²) >= 11 is 6.80. The van der Waals surface area contributed by atoms with E-state index in [-0.39, 0.29) is 15.5 Å². The lowest BCUT2D eigenvalue weighted by molar-refractivity contribution is 0.552. The van der Waals surface area contributed by atoms with Crippen LogP contribution in [-0.4, -0.2) is 30.5 Å². The van der Waals surface area contributed by atoms with Gasteiger partial charge in [0.2, 0.25) is 10.0 Å². The average Bonchev–Trinajstić information content (AvgIpc) is 2.84. The molecule has 0 aromatic heterocycles. The van der Waals surface area contributed by atoms with Crippen LogP contribution >= 0.6 is 24.0 Å². The highest BCUT2D eigenvalue weighted by molar-refractivity contribution is 8.01. The van der Waals surface area contributed by atoms with Gasteiger partial charge in [0.1, 0.15) is 4.99 Å². The van der Waals surface area contributed by atoms with Crippen LogP contribution in [0.1, 0.15) is 30.9 Å². The third-order valence-corrected chi connectivity index (χ3v) is 6.63. The molecule has 4 nitrogen and oxygen atoms in total. The Morgan fingerprint density at radius 2 is 2.19 bits per heavy atom. The molecule has 7 heteroatoms. The first kappa shape index (κ1) is 16.7. The van der Waals surface area contributed by atoms with E-state index in [0.717, 1.165) is 18.6 Å². The highest BCUT2D eigenvalue weighted by Crippen LogP contribution is 2.37. The van der Waals surface area contributed by atoms with Crippen LogP contribution in [0.25, 0.3) is 0 Å². The molecule has 0 saturated carbocycles. The molecule has 1 unspecified atom stereocenters. The van der Waals surface area contributed by atoms with Gasteiger partial charge >= 0.3 is 0 Å². The van der Waals surface area contributed by atoms with E-state index in [1.165, 1.54) is 0 Å². The largest absolute Gasteiger partial charge is 0.389 e. The van der Waals surface area contributed by atoms with Crippen molar-refractivity contribution in [1.82, 2.24) is 4.72 Å². The van der Waals surface area contributed by atoms with Crippen molar-refractivity contribution in [3.8, 4) is 0 Å². The monoisotopic (exact) mass is 344 g/mol. The molecule has 1 aliphatic rings. The summed E-state index contributed by atoms with van der Waals surface area (Å²) < 4.78 is 27.3. The van der Waals surface area contributed by atoms with Crippen LogP contribution in [0.15, 0.2) is 24.3 Å². The van der Waals surface area contributed by atoms with Crippen molar-refractivity contribution in [1.29, 1.82) is 0 Å². The van der Waals surface area contributed by atoms with Crippen LogP contribution < -0.4 is 10.5 Å². The molecule has 0 amide bonds. The minimum atomic E-state index is -3.39. The molecular weight excluding hydrogens is 324 g/mol. The Morgan fingerprint density at radius 3 is 2.81 bits per heavy atom. The van der Waals surface area contributed by atoms with Crippen LogP contribution in [0.4, 0.5) is 0 Å². The Hall–Kier alpha value is -0.630. The third-order valence-electron chi connectivity index (χ3n) is 3.59. The van der Waals surface area contributed by atoms with Gasteiger partial charge < -0.3 is 5.73 Å². The first-order valence-electron chi connectivity index (χ1n) is 6.80. The molecule has 0 spiro atoms. The minimum Gasteiger partial charge on any atom is -0.389 e. The van der Waals surface area contributed by atoms with E-state index in [1.54, 1.807) is 24.3 Å². The van der Waals surface area contributed by atoms with E-state index in [0.29, 0.717) is 17.7 Å². The van der Waals surface area contributed by atoms with E-state index in [1.807, 2.05) is 11.8 Å². The molecule has 1 atom stereocenters. The number of sulfonamides is 1. The van der Waals surface area contributed by atoms with Crippen LogP contribution in [-0.2, 0) is 15.8 Å². The SMILES string of the molecule is CC1(CNS(=O)(=O)Cc2ccccc2C(N)=S)CCCS1. The van der Waals surface area contributed by atoms with Gasteiger partial charge in [-0.3, -0.25) is 0 Å². The molecule has 116 valence electrons. The highest BCUT2D eigenvalue weighted by Gasteiger charge is 2.30. The summed E-state index contributed by atoms with van der Waals surface area (Å²) in [5.41, 5.74) is 6.91. The van der Waals surface area contributed by atoms with E-state index in [2.05, 4.69) is 11.6 Å². The summed E-state index contributed by atoms with van der Waals surface area (Å²) in [6.07, 6.45) is 2.19. The zero-order chi connectivity index (χ0) is 15.5. The van der Waals surface area contributed by atoms with Gasteiger partial charge in [0.05, 0.1) is 5.75 Å². The fourth-order valence-electron chi connectivity index (χ4n) is 2.38. The lowest BCUT2D eigenvalue weighted by atomic mass is 10.1. The van der Waals surface area contributed by atoms with E-state index < -0.39 is 10.0 Å². The molecule has 2 rings (SSSR count). The highest BCUT2D eigenvalue weighted by atomic mass is 32.2. The molecule has 0 bridgehead atoms. The maximum atomic E-state index is 12.3. The average molecular weight is 345 g/mol. The van der Waals surface area contributed by atoms with Crippen molar-refractivity contribution >= 4 is 39.0 Å². The van der Waals surface area contributed by atoms with Gasteiger partial charge in [-0.1, -0.05) is 36.5 Å². The molecular formula is C14H20N2O2S3. The van der Waals surface area contributed by atoms with Crippen molar-refractivity contribution in [2.75, 3.05) is 12.3 Å². The molecule has 1 aromatic carbocycles. The quantitative estimate of drug-likeness (QED) is 0.773. The number of hydrogen-bond donors (Lipinski definition) is 2. The zero-order valence-corrected chi connectivity index (χ0v) is 14.4. The molecule has 1 heterocycles. The second-order valence-electron chi connectivity index (χ2n) is 5.50. The predicted octanol–water partition coefficient (Wildman–Crippen LogP) is 2.03. The molecule has 1 aromatic rings. The van der Waals surface area contributed by atoms with Crippen molar-refractivity contribution < 1.29 is 8.42 Å². The second-order valence-corrected chi connectivity index (χ2v) is 9.43. The molecule has 1 saturated heterocycles. The van der Waals surface area contributed by atoms with E-state index in [9.17, 15) is 8.42 Å². The van der Waals surface area contributed by atoms with Crippen LogP contribution in [0.3, 0.4) is 0 Å². The van der Waals surface area contributed by atoms with Gasteiger partial charge in [0.15, 0.2) is 0 Å². The topological polar surface area (TPSA) is 72.2 Å². The Labute approximate surface area is 135 Å². The number of nitrogens with one attached hydrogen (secondary N) is 1. The molecule has 21 heavy (non-hydrogen) atoms. The first-order valence-corrected chi connectivity index (χ1v) is 9.85. The maximum absolute atomic E-state index is 12.3. The Morgan fingerprint density at radius 1 is 1.48 bits per heavy atom. The standard InChI is InChI=1S/C14H20N2O2S3/c1-14(7-4-8-20-14)10-16-21(17,18)9-11-5-2-3-6-12(11)13(15)19/h2-3,5-6,16H,4,7-10H2,1H3,(H2,15,19). The molecule has 0 aliphatic carbocycles. The fourth-order valence-corrected chi connectivity index (χ4v) is 5.22. The normalized spacial score (nSPS) is 22.3. The van der Waals surface area contributed by atoms with Gasteiger partial charge in [-0.05, 0) is 31.1 Å².